The first-order chi connectivity index (χ1) is 9.92. The number of halogens is 1. The van der Waals surface area contributed by atoms with Crippen LogP contribution in [0.4, 0.5) is 5.69 Å². The minimum atomic E-state index is 0.179. The largest absolute Gasteiger partial charge is 0.495 e. The number of nitrogens with one attached hydrogen (secondary N) is 1. The van der Waals surface area contributed by atoms with E-state index in [-0.39, 0.29) is 6.04 Å². The Morgan fingerprint density at radius 1 is 1.05 bits per heavy atom. The van der Waals surface area contributed by atoms with Crippen LogP contribution in [-0.4, -0.2) is 7.11 Å². The molecule has 2 aromatic carbocycles. The van der Waals surface area contributed by atoms with Gasteiger partial charge in [-0.2, -0.15) is 0 Å². The topological polar surface area (TPSA) is 21.3 Å². The molecule has 0 saturated carbocycles. The van der Waals surface area contributed by atoms with Crippen molar-refractivity contribution in [3.63, 3.8) is 0 Å². The molecule has 0 bridgehead atoms. The van der Waals surface area contributed by atoms with Gasteiger partial charge in [0, 0.05) is 11.1 Å². The number of hydrogen-bond acceptors (Lipinski definition) is 2. The highest BCUT2D eigenvalue weighted by molar-refractivity contribution is 6.30. The second kappa shape index (κ2) is 6.40. The van der Waals surface area contributed by atoms with Crippen molar-refractivity contribution in [3.8, 4) is 5.75 Å². The van der Waals surface area contributed by atoms with E-state index in [1.165, 1.54) is 22.3 Å². The molecular formula is C18H22ClNO. The lowest BCUT2D eigenvalue weighted by molar-refractivity contribution is 0.416. The van der Waals surface area contributed by atoms with E-state index in [0.29, 0.717) is 5.02 Å². The Balaban J connectivity index is 2.34. The summed E-state index contributed by atoms with van der Waals surface area (Å²) in [5.74, 6) is 0.800. The molecule has 0 spiro atoms. The number of aryl methyl sites for hydroxylation is 3. The fourth-order valence-corrected chi connectivity index (χ4v) is 3.14. The van der Waals surface area contributed by atoms with E-state index >= 15 is 0 Å². The number of rotatable bonds is 4. The maximum atomic E-state index is 6.09. The molecular weight excluding hydrogens is 282 g/mol. The Morgan fingerprint density at radius 2 is 1.67 bits per heavy atom. The molecule has 0 radical (unpaired) electrons. The molecule has 0 fully saturated rings. The SMILES string of the molecule is COc1ccc(Cl)cc1NC(C)c1c(C)cc(C)cc1C. The van der Waals surface area contributed by atoms with Gasteiger partial charge in [-0.25, -0.2) is 0 Å². The molecule has 3 heteroatoms. The molecule has 0 amide bonds. The normalized spacial score (nSPS) is 12.1. The molecule has 112 valence electrons. The van der Waals surface area contributed by atoms with Crippen molar-refractivity contribution < 1.29 is 4.74 Å². The summed E-state index contributed by atoms with van der Waals surface area (Å²) in [6, 6.07) is 10.2. The second-order valence-electron chi connectivity index (χ2n) is 5.52. The van der Waals surface area contributed by atoms with Crippen LogP contribution >= 0.6 is 11.6 Å². The molecule has 2 nitrogen and oxygen atoms in total. The first-order valence-corrected chi connectivity index (χ1v) is 7.48. The third-order valence-corrected chi connectivity index (χ3v) is 3.94. The average molecular weight is 304 g/mol. The minimum absolute atomic E-state index is 0.179. The Bertz CT molecular complexity index is 629. The van der Waals surface area contributed by atoms with Gasteiger partial charge in [0.15, 0.2) is 0 Å². The zero-order valence-electron chi connectivity index (χ0n) is 13.3. The Morgan fingerprint density at radius 3 is 2.24 bits per heavy atom. The summed E-state index contributed by atoms with van der Waals surface area (Å²) < 4.78 is 5.40. The molecule has 0 aliphatic carbocycles. The molecule has 0 aliphatic rings. The van der Waals surface area contributed by atoms with Crippen molar-refractivity contribution in [2.45, 2.75) is 33.7 Å². The van der Waals surface area contributed by atoms with E-state index in [1.807, 2.05) is 18.2 Å². The van der Waals surface area contributed by atoms with Gasteiger partial charge in [-0.05, 0) is 62.6 Å². The lowest BCUT2D eigenvalue weighted by atomic mass is 9.94. The van der Waals surface area contributed by atoms with Crippen LogP contribution in [0.2, 0.25) is 5.02 Å². The molecule has 0 heterocycles. The highest BCUT2D eigenvalue weighted by Crippen LogP contribution is 2.32. The van der Waals surface area contributed by atoms with E-state index in [9.17, 15) is 0 Å². The first-order valence-electron chi connectivity index (χ1n) is 7.10. The van der Waals surface area contributed by atoms with Gasteiger partial charge in [-0.3, -0.25) is 0 Å². The van der Waals surface area contributed by atoms with Crippen LogP contribution in [0.1, 0.15) is 35.2 Å². The van der Waals surface area contributed by atoms with Crippen molar-refractivity contribution in [2.24, 2.45) is 0 Å². The molecule has 2 rings (SSSR count). The van der Waals surface area contributed by atoms with Crippen molar-refractivity contribution in [2.75, 3.05) is 12.4 Å². The van der Waals surface area contributed by atoms with Crippen LogP contribution in [0, 0.1) is 20.8 Å². The average Bonchev–Trinajstić information content (AvgIpc) is 2.37. The third-order valence-electron chi connectivity index (χ3n) is 3.70. The fourth-order valence-electron chi connectivity index (χ4n) is 2.97. The lowest BCUT2D eigenvalue weighted by Gasteiger charge is -2.22. The van der Waals surface area contributed by atoms with Gasteiger partial charge in [0.1, 0.15) is 5.75 Å². The summed E-state index contributed by atoms with van der Waals surface area (Å²) in [4.78, 5) is 0. The predicted octanol–water partition coefficient (Wildman–Crippen LogP) is 5.45. The maximum absolute atomic E-state index is 6.09. The quantitative estimate of drug-likeness (QED) is 0.811. The van der Waals surface area contributed by atoms with Crippen LogP contribution in [-0.2, 0) is 0 Å². The zero-order chi connectivity index (χ0) is 15.6. The minimum Gasteiger partial charge on any atom is -0.495 e. The monoisotopic (exact) mass is 303 g/mol. The van der Waals surface area contributed by atoms with Crippen molar-refractivity contribution >= 4 is 17.3 Å². The fraction of sp³-hybridized carbons (Fsp3) is 0.333. The molecule has 0 aliphatic heterocycles. The molecule has 2 aromatic rings. The summed E-state index contributed by atoms with van der Waals surface area (Å²) in [7, 11) is 1.67. The number of anilines is 1. The summed E-state index contributed by atoms with van der Waals surface area (Å²) in [5.41, 5.74) is 6.13. The number of ether oxygens (including phenoxy) is 1. The van der Waals surface area contributed by atoms with E-state index in [0.717, 1.165) is 11.4 Å². The van der Waals surface area contributed by atoms with Gasteiger partial charge in [0.2, 0.25) is 0 Å². The van der Waals surface area contributed by atoms with Gasteiger partial charge in [-0.1, -0.05) is 29.3 Å². The second-order valence-corrected chi connectivity index (χ2v) is 5.96. The predicted molar refractivity (Wildman–Crippen MR) is 90.7 cm³/mol. The van der Waals surface area contributed by atoms with Gasteiger partial charge in [0.25, 0.3) is 0 Å². The van der Waals surface area contributed by atoms with Gasteiger partial charge in [0.05, 0.1) is 12.8 Å². The van der Waals surface area contributed by atoms with Crippen molar-refractivity contribution in [1.82, 2.24) is 0 Å². The Kier molecular flexibility index (Phi) is 4.79. The molecule has 1 atom stereocenters. The van der Waals surface area contributed by atoms with E-state index < -0.39 is 0 Å². The van der Waals surface area contributed by atoms with E-state index in [2.05, 4.69) is 45.1 Å². The third kappa shape index (κ3) is 3.51. The summed E-state index contributed by atoms with van der Waals surface area (Å²) in [6.45, 7) is 8.60. The van der Waals surface area contributed by atoms with Crippen LogP contribution in [0.15, 0.2) is 30.3 Å². The molecule has 0 aromatic heterocycles. The summed E-state index contributed by atoms with van der Waals surface area (Å²) in [5, 5.41) is 4.21. The lowest BCUT2D eigenvalue weighted by Crippen LogP contribution is -2.11. The summed E-state index contributed by atoms with van der Waals surface area (Å²) >= 11 is 6.09. The Hall–Kier alpha value is -1.67. The van der Waals surface area contributed by atoms with Gasteiger partial charge >= 0.3 is 0 Å². The standard InChI is InChI=1S/C18H22ClNO/c1-11-8-12(2)18(13(3)9-11)14(4)20-16-10-15(19)6-7-17(16)21-5/h6-10,14,20H,1-5H3. The highest BCUT2D eigenvalue weighted by Gasteiger charge is 2.14. The first kappa shape index (κ1) is 15.7. The van der Waals surface area contributed by atoms with Crippen LogP contribution < -0.4 is 10.1 Å². The molecule has 1 N–H and O–H groups in total. The Labute approximate surface area is 132 Å². The van der Waals surface area contributed by atoms with E-state index in [4.69, 9.17) is 16.3 Å². The van der Waals surface area contributed by atoms with E-state index in [1.54, 1.807) is 7.11 Å². The molecule has 0 saturated heterocycles. The van der Waals surface area contributed by atoms with Crippen molar-refractivity contribution in [1.29, 1.82) is 0 Å². The highest BCUT2D eigenvalue weighted by atomic mass is 35.5. The van der Waals surface area contributed by atoms with Crippen molar-refractivity contribution in [3.05, 3.63) is 57.6 Å². The van der Waals surface area contributed by atoms with Gasteiger partial charge in [-0.15, -0.1) is 0 Å². The number of methoxy groups -OCH3 is 1. The zero-order valence-corrected chi connectivity index (χ0v) is 14.0. The van der Waals surface area contributed by atoms with Gasteiger partial charge < -0.3 is 10.1 Å². The summed E-state index contributed by atoms with van der Waals surface area (Å²) in [6.07, 6.45) is 0. The number of benzene rings is 2. The number of hydrogen-bond donors (Lipinski definition) is 1. The van der Waals surface area contributed by atoms with Crippen LogP contribution in [0.25, 0.3) is 0 Å². The smallest absolute Gasteiger partial charge is 0.142 e. The molecule has 1 unspecified atom stereocenters. The van der Waals surface area contributed by atoms with Crippen LogP contribution in [0.3, 0.4) is 0 Å². The maximum Gasteiger partial charge on any atom is 0.142 e. The molecule has 21 heavy (non-hydrogen) atoms. The van der Waals surface area contributed by atoms with Crippen LogP contribution in [0.5, 0.6) is 5.75 Å².